The van der Waals surface area contributed by atoms with E-state index >= 15 is 0 Å². The summed E-state index contributed by atoms with van der Waals surface area (Å²) in [6.07, 6.45) is -1.11. The number of pyridine rings is 1. The van der Waals surface area contributed by atoms with E-state index in [1.54, 1.807) is 25.4 Å². The van der Waals surface area contributed by atoms with Crippen LogP contribution in [0, 0.1) is 17.2 Å². The maximum atomic E-state index is 12.8. The van der Waals surface area contributed by atoms with Gasteiger partial charge in [0, 0.05) is 18.0 Å². The minimum atomic E-state index is -4.23. The molecule has 0 bridgehead atoms. The van der Waals surface area contributed by atoms with E-state index in [2.05, 4.69) is 11.1 Å². The van der Waals surface area contributed by atoms with Crippen molar-refractivity contribution >= 4 is 5.65 Å². The second kappa shape index (κ2) is 9.81. The van der Waals surface area contributed by atoms with Gasteiger partial charge in [-0.2, -0.15) is 18.4 Å². The maximum Gasteiger partial charge on any atom is 0.401 e. The Morgan fingerprint density at radius 2 is 1.97 bits per heavy atom. The SMILES string of the molecule is COc1cc(-c2cnc3cccc(OC)n23)cc(OCC2CCCN(CC(F)(F)F)C2)c1C#N. The molecule has 0 radical (unpaired) electrons. The first kappa shape index (κ1) is 23.7. The van der Waals surface area contributed by atoms with Gasteiger partial charge >= 0.3 is 6.18 Å². The Kier molecular flexibility index (Phi) is 6.84. The number of alkyl halides is 3. The standard InChI is InChI=1S/C24H25F3N4O3/c1-32-20-9-17(19-12-29-22-6-3-7-23(33-2)31(19)22)10-21(18(20)11-28)34-14-16-5-4-8-30(13-16)15-24(25,26)27/h3,6-7,9-10,12,16H,4-5,8,13-15H2,1-2H3. The van der Waals surface area contributed by atoms with E-state index in [1.807, 2.05) is 22.6 Å². The van der Waals surface area contributed by atoms with Gasteiger partial charge in [0.15, 0.2) is 5.88 Å². The van der Waals surface area contributed by atoms with Crippen molar-refractivity contribution in [2.75, 3.05) is 40.5 Å². The predicted molar refractivity (Wildman–Crippen MR) is 119 cm³/mol. The number of hydrogen-bond donors (Lipinski definition) is 0. The summed E-state index contributed by atoms with van der Waals surface area (Å²) in [6, 6.07) is 11.1. The summed E-state index contributed by atoms with van der Waals surface area (Å²) in [7, 11) is 3.04. The number of nitriles is 1. The average molecular weight is 474 g/mol. The van der Waals surface area contributed by atoms with Gasteiger partial charge in [-0.1, -0.05) is 6.07 Å². The first-order valence-corrected chi connectivity index (χ1v) is 10.9. The van der Waals surface area contributed by atoms with E-state index in [4.69, 9.17) is 14.2 Å². The average Bonchev–Trinajstić information content (AvgIpc) is 3.25. The van der Waals surface area contributed by atoms with Crippen molar-refractivity contribution in [1.82, 2.24) is 14.3 Å². The lowest BCUT2D eigenvalue weighted by Gasteiger charge is -2.33. The Labute approximate surface area is 195 Å². The molecule has 1 aromatic carbocycles. The molecule has 0 spiro atoms. The summed E-state index contributed by atoms with van der Waals surface area (Å²) in [4.78, 5) is 5.83. The molecule has 1 aliphatic heterocycles. The number of likely N-dealkylation sites (tertiary alicyclic amines) is 1. The van der Waals surface area contributed by atoms with Gasteiger partial charge in [-0.3, -0.25) is 9.30 Å². The Bertz CT molecular complexity index is 1200. The molecule has 2 aromatic heterocycles. The van der Waals surface area contributed by atoms with Crippen LogP contribution in [-0.2, 0) is 0 Å². The van der Waals surface area contributed by atoms with E-state index < -0.39 is 12.7 Å². The number of imidazole rings is 1. The first-order valence-electron chi connectivity index (χ1n) is 10.9. The molecule has 3 heterocycles. The number of halogens is 3. The van der Waals surface area contributed by atoms with Crippen LogP contribution in [0.2, 0.25) is 0 Å². The molecule has 1 aliphatic rings. The lowest BCUT2D eigenvalue weighted by Crippen LogP contribution is -2.42. The second-order valence-corrected chi connectivity index (χ2v) is 8.24. The quantitative estimate of drug-likeness (QED) is 0.501. The van der Waals surface area contributed by atoms with Crippen molar-refractivity contribution in [3.63, 3.8) is 0 Å². The highest BCUT2D eigenvalue weighted by molar-refractivity contribution is 5.71. The molecule has 4 rings (SSSR count). The van der Waals surface area contributed by atoms with Gasteiger partial charge in [0.1, 0.15) is 28.8 Å². The van der Waals surface area contributed by atoms with Crippen LogP contribution < -0.4 is 14.2 Å². The smallest absolute Gasteiger partial charge is 0.401 e. The molecule has 0 aliphatic carbocycles. The predicted octanol–water partition coefficient (Wildman–Crippen LogP) is 4.54. The Morgan fingerprint density at radius 3 is 2.68 bits per heavy atom. The lowest BCUT2D eigenvalue weighted by molar-refractivity contribution is -0.149. The first-order chi connectivity index (χ1) is 16.3. The van der Waals surface area contributed by atoms with Crippen molar-refractivity contribution in [2.24, 2.45) is 5.92 Å². The largest absolute Gasteiger partial charge is 0.495 e. The van der Waals surface area contributed by atoms with Crippen molar-refractivity contribution in [1.29, 1.82) is 5.26 Å². The third-order valence-corrected chi connectivity index (χ3v) is 5.88. The summed E-state index contributed by atoms with van der Waals surface area (Å²) in [5, 5.41) is 9.73. The number of ether oxygens (including phenoxy) is 3. The van der Waals surface area contributed by atoms with E-state index in [-0.39, 0.29) is 18.1 Å². The molecular weight excluding hydrogens is 449 g/mol. The van der Waals surface area contributed by atoms with Crippen LogP contribution in [0.15, 0.2) is 36.5 Å². The second-order valence-electron chi connectivity index (χ2n) is 8.24. The van der Waals surface area contributed by atoms with Crippen LogP contribution >= 0.6 is 0 Å². The van der Waals surface area contributed by atoms with Gasteiger partial charge in [0.25, 0.3) is 0 Å². The summed E-state index contributed by atoms with van der Waals surface area (Å²) in [6.45, 7) is -0.0138. The highest BCUT2D eigenvalue weighted by Gasteiger charge is 2.33. The van der Waals surface area contributed by atoms with Gasteiger partial charge in [-0.15, -0.1) is 0 Å². The van der Waals surface area contributed by atoms with Crippen molar-refractivity contribution in [3.05, 3.63) is 42.1 Å². The fourth-order valence-electron chi connectivity index (χ4n) is 4.38. The van der Waals surface area contributed by atoms with Gasteiger partial charge in [-0.05, 0) is 43.7 Å². The number of benzene rings is 1. The third-order valence-electron chi connectivity index (χ3n) is 5.88. The monoisotopic (exact) mass is 474 g/mol. The molecule has 10 heteroatoms. The molecule has 7 nitrogen and oxygen atoms in total. The maximum absolute atomic E-state index is 12.8. The molecular formula is C24H25F3N4O3. The van der Waals surface area contributed by atoms with Gasteiger partial charge in [0.05, 0.1) is 39.3 Å². The number of fused-ring (bicyclic) bond motifs is 1. The van der Waals surface area contributed by atoms with E-state index in [1.165, 1.54) is 12.0 Å². The molecule has 34 heavy (non-hydrogen) atoms. The molecule has 1 saturated heterocycles. The topological polar surface area (TPSA) is 72.0 Å². The number of methoxy groups -OCH3 is 2. The zero-order chi connectivity index (χ0) is 24.3. The molecule has 1 unspecified atom stereocenters. The normalized spacial score (nSPS) is 16.9. The summed E-state index contributed by atoms with van der Waals surface area (Å²) < 4.78 is 57.2. The Morgan fingerprint density at radius 1 is 1.18 bits per heavy atom. The molecule has 1 fully saturated rings. The van der Waals surface area contributed by atoms with Crippen LogP contribution in [0.3, 0.4) is 0 Å². The van der Waals surface area contributed by atoms with Gasteiger partial charge in [0.2, 0.25) is 0 Å². The fraction of sp³-hybridized carbons (Fsp3) is 0.417. The molecule has 3 aromatic rings. The van der Waals surface area contributed by atoms with Crippen LogP contribution in [0.5, 0.6) is 17.4 Å². The Balaban J connectivity index is 1.62. The van der Waals surface area contributed by atoms with Crippen LogP contribution in [0.1, 0.15) is 18.4 Å². The summed E-state index contributed by atoms with van der Waals surface area (Å²) in [5.74, 6) is 1.16. The zero-order valence-corrected chi connectivity index (χ0v) is 18.9. The lowest BCUT2D eigenvalue weighted by atomic mass is 9.99. The highest BCUT2D eigenvalue weighted by atomic mass is 19.4. The van der Waals surface area contributed by atoms with E-state index in [9.17, 15) is 18.4 Å². The van der Waals surface area contributed by atoms with Crippen molar-refractivity contribution in [3.8, 4) is 34.7 Å². The summed E-state index contributed by atoms with van der Waals surface area (Å²) in [5.41, 5.74) is 2.33. The highest BCUT2D eigenvalue weighted by Crippen LogP contribution is 2.36. The number of aromatic nitrogens is 2. The molecule has 180 valence electrons. The number of nitrogens with zero attached hydrogens (tertiary/aromatic N) is 4. The molecule has 1 atom stereocenters. The molecule has 0 N–H and O–H groups in total. The van der Waals surface area contributed by atoms with Crippen molar-refractivity contribution < 1.29 is 27.4 Å². The summed E-state index contributed by atoms with van der Waals surface area (Å²) >= 11 is 0. The number of rotatable bonds is 7. The van der Waals surface area contributed by atoms with Crippen molar-refractivity contribution in [2.45, 2.75) is 19.0 Å². The zero-order valence-electron chi connectivity index (χ0n) is 18.9. The van der Waals surface area contributed by atoms with E-state index in [0.717, 1.165) is 6.42 Å². The fourth-order valence-corrected chi connectivity index (χ4v) is 4.38. The van der Waals surface area contributed by atoms with E-state index in [0.29, 0.717) is 53.8 Å². The third kappa shape index (κ3) is 5.04. The van der Waals surface area contributed by atoms with Gasteiger partial charge in [-0.25, -0.2) is 4.98 Å². The Hall–Kier alpha value is -3.45. The molecule has 0 saturated carbocycles. The van der Waals surface area contributed by atoms with Crippen LogP contribution in [0.25, 0.3) is 16.9 Å². The minimum Gasteiger partial charge on any atom is -0.495 e. The van der Waals surface area contributed by atoms with Gasteiger partial charge < -0.3 is 14.2 Å². The van der Waals surface area contributed by atoms with Crippen LogP contribution in [0.4, 0.5) is 13.2 Å². The number of hydrogen-bond acceptors (Lipinski definition) is 6. The minimum absolute atomic E-state index is 0.0758. The number of piperidine rings is 1. The molecule has 0 amide bonds. The van der Waals surface area contributed by atoms with Crippen LogP contribution in [-0.4, -0.2) is 60.9 Å².